The van der Waals surface area contributed by atoms with Gasteiger partial charge < -0.3 is 11.1 Å². The summed E-state index contributed by atoms with van der Waals surface area (Å²) in [6.45, 7) is 3.95. The van der Waals surface area contributed by atoms with Gasteiger partial charge in [-0.05, 0) is 61.6 Å². The molecule has 0 fully saturated rings. The molecule has 0 aliphatic rings. The Morgan fingerprint density at radius 2 is 1.75 bits per heavy atom. The maximum Gasteiger partial charge on any atom is 0.255 e. The van der Waals surface area contributed by atoms with Crippen LogP contribution in [0.4, 0.5) is 11.4 Å². The van der Waals surface area contributed by atoms with Gasteiger partial charge in [0.25, 0.3) is 5.91 Å². The molecule has 2 aromatic rings. The summed E-state index contributed by atoms with van der Waals surface area (Å²) < 4.78 is 0. The Hall–Kier alpha value is -1.94. The van der Waals surface area contributed by atoms with Crippen LogP contribution in [0.5, 0.6) is 0 Å². The minimum Gasteiger partial charge on any atom is -0.397 e. The van der Waals surface area contributed by atoms with Gasteiger partial charge in [0.05, 0.1) is 11.4 Å². The molecule has 0 radical (unpaired) electrons. The van der Waals surface area contributed by atoms with E-state index in [9.17, 15) is 4.79 Å². The fraction of sp³-hybridized carbons (Fsp3) is 0.188. The Balaban J connectivity index is 2.25. The molecule has 1 amide bonds. The third kappa shape index (κ3) is 2.96. The number of nitrogens with two attached hydrogens (primary N) is 1. The topological polar surface area (TPSA) is 55.1 Å². The van der Waals surface area contributed by atoms with Crippen LogP contribution in [0.3, 0.4) is 0 Å². The molecular formula is C16H18N2OS. The highest BCUT2D eigenvalue weighted by molar-refractivity contribution is 7.98. The molecule has 3 nitrogen and oxygen atoms in total. The number of aryl methyl sites for hydroxylation is 1. The lowest BCUT2D eigenvalue weighted by molar-refractivity contribution is 0.102. The number of carbonyl (C=O) groups excluding carboxylic acids is 1. The van der Waals surface area contributed by atoms with Crippen LogP contribution in [0.25, 0.3) is 0 Å². The zero-order chi connectivity index (χ0) is 14.7. The summed E-state index contributed by atoms with van der Waals surface area (Å²) in [5.74, 6) is -0.141. The fourth-order valence-electron chi connectivity index (χ4n) is 1.93. The predicted molar refractivity (Wildman–Crippen MR) is 86.5 cm³/mol. The van der Waals surface area contributed by atoms with E-state index in [2.05, 4.69) is 5.32 Å². The molecule has 0 saturated carbocycles. The molecule has 0 unspecified atom stereocenters. The summed E-state index contributed by atoms with van der Waals surface area (Å²) >= 11 is 1.65. The lowest BCUT2D eigenvalue weighted by Crippen LogP contribution is -2.14. The van der Waals surface area contributed by atoms with Crippen molar-refractivity contribution in [2.75, 3.05) is 17.3 Å². The average Bonchev–Trinajstić information content (AvgIpc) is 2.47. The Bertz CT molecular complexity index is 636. The lowest BCUT2D eigenvalue weighted by atomic mass is 10.1. The number of hydrogen-bond acceptors (Lipinski definition) is 3. The van der Waals surface area contributed by atoms with E-state index < -0.39 is 0 Å². The van der Waals surface area contributed by atoms with Crippen molar-refractivity contribution >= 4 is 29.0 Å². The van der Waals surface area contributed by atoms with E-state index >= 15 is 0 Å². The molecule has 0 atom stereocenters. The molecule has 0 aliphatic carbocycles. The van der Waals surface area contributed by atoms with Crippen molar-refractivity contribution in [1.29, 1.82) is 0 Å². The lowest BCUT2D eigenvalue weighted by Gasteiger charge is -2.13. The Morgan fingerprint density at radius 1 is 1.10 bits per heavy atom. The molecule has 2 rings (SSSR count). The van der Waals surface area contributed by atoms with Crippen molar-refractivity contribution < 1.29 is 4.79 Å². The van der Waals surface area contributed by atoms with E-state index in [1.54, 1.807) is 11.8 Å². The van der Waals surface area contributed by atoms with Crippen LogP contribution in [0.2, 0.25) is 0 Å². The van der Waals surface area contributed by atoms with E-state index in [1.165, 1.54) is 0 Å². The first-order valence-corrected chi connectivity index (χ1v) is 7.56. The van der Waals surface area contributed by atoms with Crippen LogP contribution < -0.4 is 11.1 Å². The summed E-state index contributed by atoms with van der Waals surface area (Å²) in [6, 6.07) is 11.3. The molecule has 3 N–H and O–H groups in total. The SMILES string of the molecule is CSc1ccc(C(=O)Nc2c(N)ccc(C)c2C)cc1. The Labute approximate surface area is 123 Å². The molecule has 4 heteroatoms. The fourth-order valence-corrected chi connectivity index (χ4v) is 2.34. The molecule has 0 spiro atoms. The number of amides is 1. The van der Waals surface area contributed by atoms with Crippen molar-refractivity contribution in [2.24, 2.45) is 0 Å². The molecule has 0 heterocycles. The van der Waals surface area contributed by atoms with Gasteiger partial charge >= 0.3 is 0 Å². The first-order valence-electron chi connectivity index (χ1n) is 6.34. The minimum absolute atomic E-state index is 0.141. The first-order chi connectivity index (χ1) is 9.52. The van der Waals surface area contributed by atoms with E-state index in [0.717, 1.165) is 16.0 Å². The normalized spacial score (nSPS) is 10.3. The number of thioether (sulfide) groups is 1. The monoisotopic (exact) mass is 286 g/mol. The largest absolute Gasteiger partial charge is 0.397 e. The van der Waals surface area contributed by atoms with Crippen LogP contribution in [-0.2, 0) is 0 Å². The van der Waals surface area contributed by atoms with E-state index in [-0.39, 0.29) is 5.91 Å². The second-order valence-electron chi connectivity index (χ2n) is 4.65. The molecule has 20 heavy (non-hydrogen) atoms. The molecule has 0 saturated heterocycles. The molecular weight excluding hydrogens is 268 g/mol. The Kier molecular flexibility index (Phi) is 4.35. The van der Waals surface area contributed by atoms with Crippen molar-refractivity contribution in [2.45, 2.75) is 18.7 Å². The third-order valence-electron chi connectivity index (χ3n) is 3.36. The second-order valence-corrected chi connectivity index (χ2v) is 5.53. The number of benzene rings is 2. The summed E-state index contributed by atoms with van der Waals surface area (Å²) in [6.07, 6.45) is 2.01. The van der Waals surface area contributed by atoms with Crippen molar-refractivity contribution in [3.63, 3.8) is 0 Å². The van der Waals surface area contributed by atoms with Gasteiger partial charge in [-0.15, -0.1) is 11.8 Å². The molecule has 0 bridgehead atoms. The van der Waals surface area contributed by atoms with Gasteiger partial charge in [0.1, 0.15) is 0 Å². The maximum absolute atomic E-state index is 12.3. The van der Waals surface area contributed by atoms with Crippen LogP contribution in [0.1, 0.15) is 21.5 Å². The van der Waals surface area contributed by atoms with Crippen molar-refractivity contribution in [3.8, 4) is 0 Å². The minimum atomic E-state index is -0.141. The predicted octanol–water partition coefficient (Wildman–Crippen LogP) is 3.86. The van der Waals surface area contributed by atoms with Crippen molar-refractivity contribution in [1.82, 2.24) is 0 Å². The quantitative estimate of drug-likeness (QED) is 0.665. The highest BCUT2D eigenvalue weighted by Gasteiger charge is 2.11. The Morgan fingerprint density at radius 3 is 2.35 bits per heavy atom. The number of rotatable bonds is 3. The summed E-state index contributed by atoms with van der Waals surface area (Å²) in [5.41, 5.74) is 9.96. The first kappa shape index (κ1) is 14.5. The van der Waals surface area contributed by atoms with Gasteiger partial charge in [-0.2, -0.15) is 0 Å². The average molecular weight is 286 g/mol. The molecule has 2 aromatic carbocycles. The van der Waals surface area contributed by atoms with Gasteiger partial charge in [-0.25, -0.2) is 0 Å². The molecule has 0 aliphatic heterocycles. The maximum atomic E-state index is 12.3. The standard InChI is InChI=1S/C16H18N2OS/c1-10-4-9-14(17)15(11(10)2)18-16(19)12-5-7-13(20-3)8-6-12/h4-9H,17H2,1-3H3,(H,18,19). The summed E-state index contributed by atoms with van der Waals surface area (Å²) in [4.78, 5) is 13.4. The molecule has 104 valence electrons. The van der Waals surface area contributed by atoms with Crippen LogP contribution in [0, 0.1) is 13.8 Å². The number of hydrogen-bond donors (Lipinski definition) is 2. The van der Waals surface area contributed by atoms with Crippen molar-refractivity contribution in [3.05, 3.63) is 53.1 Å². The van der Waals surface area contributed by atoms with Gasteiger partial charge in [-0.3, -0.25) is 4.79 Å². The molecule has 0 aromatic heterocycles. The number of carbonyl (C=O) groups is 1. The number of nitrogens with one attached hydrogen (secondary N) is 1. The number of anilines is 2. The zero-order valence-corrected chi connectivity index (χ0v) is 12.7. The van der Waals surface area contributed by atoms with Gasteiger partial charge in [0.15, 0.2) is 0 Å². The van der Waals surface area contributed by atoms with Crippen LogP contribution >= 0.6 is 11.8 Å². The van der Waals surface area contributed by atoms with Crippen LogP contribution in [-0.4, -0.2) is 12.2 Å². The van der Waals surface area contributed by atoms with Crippen LogP contribution in [0.15, 0.2) is 41.3 Å². The van der Waals surface area contributed by atoms with E-state index in [4.69, 9.17) is 5.73 Å². The number of nitrogen functional groups attached to an aromatic ring is 1. The summed E-state index contributed by atoms with van der Waals surface area (Å²) in [7, 11) is 0. The highest BCUT2D eigenvalue weighted by Crippen LogP contribution is 2.26. The summed E-state index contributed by atoms with van der Waals surface area (Å²) in [5, 5.41) is 2.90. The van der Waals surface area contributed by atoms with E-state index in [0.29, 0.717) is 16.9 Å². The van der Waals surface area contributed by atoms with Gasteiger partial charge in [0.2, 0.25) is 0 Å². The second kappa shape index (κ2) is 6.01. The van der Waals surface area contributed by atoms with Gasteiger partial charge in [0, 0.05) is 10.5 Å². The zero-order valence-electron chi connectivity index (χ0n) is 11.9. The third-order valence-corrected chi connectivity index (χ3v) is 4.10. The van der Waals surface area contributed by atoms with E-state index in [1.807, 2.05) is 56.5 Å². The smallest absolute Gasteiger partial charge is 0.255 e. The highest BCUT2D eigenvalue weighted by atomic mass is 32.2. The van der Waals surface area contributed by atoms with Gasteiger partial charge in [-0.1, -0.05) is 6.07 Å².